The molecule has 7 heteroatoms. The summed E-state index contributed by atoms with van der Waals surface area (Å²) in [6.07, 6.45) is 2.29. The summed E-state index contributed by atoms with van der Waals surface area (Å²) in [6.45, 7) is 10.3. The Labute approximate surface area is 266 Å². The first kappa shape index (κ1) is 29.5. The molecule has 3 aromatic carbocycles. The monoisotopic (exact) mass is 624 g/mol. The minimum atomic E-state index is 0.506. The Morgan fingerprint density at radius 3 is 1.44 bits per heavy atom. The molecule has 220 valence electrons. The standard InChI is InChI=1S/C36H36N2O2S3/c1-5-24(6-2)22-40-28-13-9-26(10-14-28)32-18-20-34(42-32)30-16-15-29(35-36(30)38-43-37-35)33-19-17-31(41-33)25-7-11-27(12-8-25)39-21-23(3)4/h7-20,23-24H,5-6,21-22H2,1-4H3. The highest BCUT2D eigenvalue weighted by atomic mass is 32.1. The van der Waals surface area contributed by atoms with Gasteiger partial charge >= 0.3 is 0 Å². The van der Waals surface area contributed by atoms with Crippen molar-refractivity contribution in [1.29, 1.82) is 0 Å². The average Bonchev–Trinajstić information content (AvgIpc) is 3.82. The molecule has 0 aliphatic rings. The van der Waals surface area contributed by atoms with Gasteiger partial charge < -0.3 is 9.47 Å². The molecule has 4 nitrogen and oxygen atoms in total. The minimum Gasteiger partial charge on any atom is -0.493 e. The number of rotatable bonds is 12. The van der Waals surface area contributed by atoms with Crippen molar-refractivity contribution in [1.82, 2.24) is 8.75 Å². The van der Waals surface area contributed by atoms with Gasteiger partial charge in [0.25, 0.3) is 0 Å². The van der Waals surface area contributed by atoms with Crippen LogP contribution in [0.2, 0.25) is 0 Å². The van der Waals surface area contributed by atoms with Crippen LogP contribution in [0.4, 0.5) is 0 Å². The van der Waals surface area contributed by atoms with Crippen LogP contribution in [0.3, 0.4) is 0 Å². The normalized spacial score (nSPS) is 11.6. The molecule has 43 heavy (non-hydrogen) atoms. The fourth-order valence-electron chi connectivity index (χ4n) is 4.97. The maximum atomic E-state index is 6.03. The minimum absolute atomic E-state index is 0.506. The molecule has 0 unspecified atom stereocenters. The van der Waals surface area contributed by atoms with Gasteiger partial charge in [0.2, 0.25) is 0 Å². The first-order valence-corrected chi connectivity index (χ1v) is 17.3. The van der Waals surface area contributed by atoms with Gasteiger partial charge in [-0.05, 0) is 95.8 Å². The summed E-state index contributed by atoms with van der Waals surface area (Å²) < 4.78 is 21.4. The first-order chi connectivity index (χ1) is 21.0. The third-order valence-corrected chi connectivity index (χ3v) is 10.5. The summed E-state index contributed by atoms with van der Waals surface area (Å²) in [5.41, 5.74) is 6.56. The fourth-order valence-corrected chi connectivity index (χ4v) is 7.62. The molecule has 0 saturated heterocycles. The van der Waals surface area contributed by atoms with E-state index in [1.54, 1.807) is 22.7 Å². The average molecular weight is 625 g/mol. The van der Waals surface area contributed by atoms with Crippen LogP contribution < -0.4 is 9.47 Å². The molecule has 0 bridgehead atoms. The van der Waals surface area contributed by atoms with E-state index in [1.165, 1.54) is 42.4 Å². The van der Waals surface area contributed by atoms with Crippen molar-refractivity contribution in [2.45, 2.75) is 40.5 Å². The zero-order valence-corrected chi connectivity index (χ0v) is 27.5. The second-order valence-corrected chi connectivity index (χ2v) is 13.9. The molecule has 6 rings (SSSR count). The van der Waals surface area contributed by atoms with E-state index in [9.17, 15) is 0 Å². The van der Waals surface area contributed by atoms with Crippen molar-refractivity contribution in [2.24, 2.45) is 11.8 Å². The molecular weight excluding hydrogens is 589 g/mol. The molecule has 3 aromatic heterocycles. The molecule has 0 amide bonds. The van der Waals surface area contributed by atoms with Crippen molar-refractivity contribution in [3.05, 3.63) is 84.9 Å². The summed E-state index contributed by atoms with van der Waals surface area (Å²) in [5, 5.41) is 0. The summed E-state index contributed by atoms with van der Waals surface area (Å²) >= 11 is 4.85. The Kier molecular flexibility index (Phi) is 9.22. The van der Waals surface area contributed by atoms with Gasteiger partial charge in [0.05, 0.1) is 24.9 Å². The largest absolute Gasteiger partial charge is 0.493 e. The Hall–Kier alpha value is -3.52. The molecule has 0 spiro atoms. The van der Waals surface area contributed by atoms with Crippen LogP contribution in [-0.2, 0) is 0 Å². The number of benzene rings is 3. The van der Waals surface area contributed by atoms with E-state index in [2.05, 4.69) is 113 Å². The van der Waals surface area contributed by atoms with Crippen LogP contribution in [0.5, 0.6) is 11.5 Å². The Morgan fingerprint density at radius 2 is 1.00 bits per heavy atom. The van der Waals surface area contributed by atoms with Crippen molar-refractivity contribution in [3.63, 3.8) is 0 Å². The zero-order chi connectivity index (χ0) is 29.8. The summed E-state index contributed by atoms with van der Waals surface area (Å²) in [5.74, 6) is 2.96. The highest BCUT2D eigenvalue weighted by Crippen LogP contribution is 2.42. The first-order valence-electron chi connectivity index (χ1n) is 14.9. The summed E-state index contributed by atoms with van der Waals surface area (Å²) in [6, 6.07) is 30.0. The second-order valence-electron chi connectivity index (χ2n) is 11.2. The van der Waals surface area contributed by atoms with Crippen molar-refractivity contribution < 1.29 is 9.47 Å². The van der Waals surface area contributed by atoms with E-state index in [0.717, 1.165) is 59.7 Å². The quantitative estimate of drug-likeness (QED) is 0.136. The Balaban J connectivity index is 1.20. The molecule has 0 saturated carbocycles. The van der Waals surface area contributed by atoms with Crippen LogP contribution in [0.1, 0.15) is 40.5 Å². The smallest absolute Gasteiger partial charge is 0.119 e. The van der Waals surface area contributed by atoms with Crippen LogP contribution in [0.25, 0.3) is 52.8 Å². The van der Waals surface area contributed by atoms with Crippen LogP contribution in [0.15, 0.2) is 84.9 Å². The molecule has 3 heterocycles. The van der Waals surface area contributed by atoms with Crippen LogP contribution >= 0.6 is 34.4 Å². The predicted molar refractivity (Wildman–Crippen MR) is 185 cm³/mol. The molecule has 6 aromatic rings. The number of aromatic nitrogens is 2. The number of nitrogens with zero attached hydrogens (tertiary/aromatic N) is 2. The fraction of sp³-hybridized carbons (Fsp3) is 0.278. The molecule has 0 radical (unpaired) electrons. The second kappa shape index (κ2) is 13.4. The Morgan fingerprint density at radius 1 is 0.558 bits per heavy atom. The molecule has 0 atom stereocenters. The third-order valence-electron chi connectivity index (χ3n) is 7.66. The van der Waals surface area contributed by atoms with Gasteiger partial charge in [0.15, 0.2) is 0 Å². The molecule has 0 aliphatic heterocycles. The molecule has 0 aliphatic carbocycles. The van der Waals surface area contributed by atoms with Crippen LogP contribution in [-0.4, -0.2) is 22.0 Å². The number of thiophene rings is 2. The molecular formula is C36H36N2O2S3. The van der Waals surface area contributed by atoms with Gasteiger partial charge in [0.1, 0.15) is 22.5 Å². The van der Waals surface area contributed by atoms with E-state index < -0.39 is 0 Å². The maximum absolute atomic E-state index is 6.03. The van der Waals surface area contributed by atoms with Gasteiger partial charge in [-0.25, -0.2) is 0 Å². The van der Waals surface area contributed by atoms with Crippen molar-refractivity contribution in [3.8, 4) is 53.3 Å². The van der Waals surface area contributed by atoms with E-state index in [1.807, 2.05) is 0 Å². The van der Waals surface area contributed by atoms with E-state index in [0.29, 0.717) is 11.8 Å². The van der Waals surface area contributed by atoms with Crippen LogP contribution in [0, 0.1) is 11.8 Å². The molecule has 0 fully saturated rings. The zero-order valence-electron chi connectivity index (χ0n) is 25.0. The third kappa shape index (κ3) is 6.69. The maximum Gasteiger partial charge on any atom is 0.119 e. The lowest BCUT2D eigenvalue weighted by atomic mass is 10.1. The van der Waals surface area contributed by atoms with Gasteiger partial charge in [-0.2, -0.15) is 8.75 Å². The highest BCUT2D eigenvalue weighted by Gasteiger charge is 2.17. The van der Waals surface area contributed by atoms with Crippen molar-refractivity contribution in [2.75, 3.05) is 13.2 Å². The lowest BCUT2D eigenvalue weighted by Crippen LogP contribution is -2.09. The van der Waals surface area contributed by atoms with Gasteiger partial charge in [-0.1, -0.05) is 52.7 Å². The number of fused-ring (bicyclic) bond motifs is 1. The highest BCUT2D eigenvalue weighted by molar-refractivity contribution is 7.19. The van der Waals surface area contributed by atoms with E-state index >= 15 is 0 Å². The lowest BCUT2D eigenvalue weighted by Gasteiger charge is -2.13. The van der Waals surface area contributed by atoms with Gasteiger partial charge in [0, 0.05) is 30.6 Å². The van der Waals surface area contributed by atoms with Gasteiger partial charge in [-0.15, -0.1) is 22.7 Å². The van der Waals surface area contributed by atoms with Crippen molar-refractivity contribution >= 4 is 45.4 Å². The SMILES string of the molecule is CCC(CC)COc1ccc(-c2ccc(-c3ccc(-c4ccc(-c5ccc(OCC(C)C)cc5)s4)c4nsnc34)s2)cc1. The lowest BCUT2D eigenvalue weighted by molar-refractivity contribution is 0.240. The topological polar surface area (TPSA) is 44.2 Å². The summed E-state index contributed by atoms with van der Waals surface area (Å²) in [4.78, 5) is 4.84. The van der Waals surface area contributed by atoms with E-state index in [-0.39, 0.29) is 0 Å². The summed E-state index contributed by atoms with van der Waals surface area (Å²) in [7, 11) is 0. The number of ether oxygens (including phenoxy) is 2. The number of hydrogen-bond donors (Lipinski definition) is 0. The predicted octanol–water partition coefficient (Wildman–Crippen LogP) is 11.3. The molecule has 0 N–H and O–H groups in total. The van der Waals surface area contributed by atoms with Gasteiger partial charge in [-0.3, -0.25) is 0 Å². The van der Waals surface area contributed by atoms with E-state index in [4.69, 9.17) is 18.2 Å². The number of hydrogen-bond acceptors (Lipinski definition) is 7. The Bertz CT molecular complexity index is 1780.